The summed E-state index contributed by atoms with van der Waals surface area (Å²) in [7, 11) is 5.34. The maximum absolute atomic E-state index is 11.1. The van der Waals surface area contributed by atoms with E-state index in [1.807, 2.05) is 14.1 Å². The second-order valence-corrected chi connectivity index (χ2v) is 4.07. The summed E-state index contributed by atoms with van der Waals surface area (Å²) in [5, 5.41) is 2.31. The van der Waals surface area contributed by atoms with Crippen LogP contribution in [0.1, 0.15) is 0 Å². The summed E-state index contributed by atoms with van der Waals surface area (Å²) in [6.07, 6.45) is 0. The fourth-order valence-corrected chi connectivity index (χ4v) is 1.26. The highest BCUT2D eigenvalue weighted by Gasteiger charge is 2.20. The Labute approximate surface area is 112 Å². The Bertz CT molecular complexity index is 299. The standard InChI is InChI=1S/C10H17N2O2S.BrH/c1-9(10(13)14-4)7-12(2,3)6-5-11-8-15;/h1,5-7H2,2-4H3;1H/q+1;/p-1. The van der Waals surface area contributed by atoms with Crippen molar-refractivity contribution in [2.24, 2.45) is 4.99 Å². The Morgan fingerprint density at radius 3 is 2.56 bits per heavy atom. The van der Waals surface area contributed by atoms with E-state index in [0.717, 1.165) is 6.54 Å². The molecule has 92 valence electrons. The zero-order valence-corrected chi connectivity index (χ0v) is 12.2. The number of halogens is 1. The van der Waals surface area contributed by atoms with Crippen molar-refractivity contribution in [3.05, 3.63) is 12.2 Å². The average Bonchev–Trinajstić information content (AvgIpc) is 2.16. The molecule has 0 amide bonds. The van der Waals surface area contributed by atoms with Crippen LogP contribution in [0.25, 0.3) is 0 Å². The van der Waals surface area contributed by atoms with Crippen molar-refractivity contribution < 1.29 is 31.0 Å². The lowest BCUT2D eigenvalue weighted by atomic mass is 10.2. The third-order valence-electron chi connectivity index (χ3n) is 1.97. The van der Waals surface area contributed by atoms with Gasteiger partial charge in [0.1, 0.15) is 6.54 Å². The van der Waals surface area contributed by atoms with Crippen molar-refractivity contribution in [2.75, 3.05) is 40.8 Å². The number of esters is 1. The second-order valence-electron chi connectivity index (χ2n) is 3.89. The highest BCUT2D eigenvalue weighted by Crippen LogP contribution is 2.04. The lowest BCUT2D eigenvalue weighted by Crippen LogP contribution is -3.00. The summed E-state index contributed by atoms with van der Waals surface area (Å²) in [6, 6.07) is 0. The minimum atomic E-state index is -0.362. The number of ether oxygens (including phenoxy) is 1. The Morgan fingerprint density at radius 2 is 2.12 bits per heavy atom. The molecular formula is C10H17BrN2O2S. The average molecular weight is 309 g/mol. The zero-order valence-electron chi connectivity index (χ0n) is 9.83. The van der Waals surface area contributed by atoms with Crippen molar-refractivity contribution in [3.8, 4) is 0 Å². The van der Waals surface area contributed by atoms with Crippen LogP contribution in [0.2, 0.25) is 0 Å². The molecule has 0 fully saturated rings. The van der Waals surface area contributed by atoms with E-state index in [2.05, 4.69) is 33.7 Å². The third kappa shape index (κ3) is 7.70. The van der Waals surface area contributed by atoms with Crippen LogP contribution in [-0.2, 0) is 9.53 Å². The molecule has 0 heterocycles. The van der Waals surface area contributed by atoms with Crippen LogP contribution < -0.4 is 17.0 Å². The molecular weight excluding hydrogens is 292 g/mol. The molecule has 4 nitrogen and oxygen atoms in total. The van der Waals surface area contributed by atoms with E-state index in [1.165, 1.54) is 7.11 Å². The van der Waals surface area contributed by atoms with E-state index in [0.29, 0.717) is 23.1 Å². The number of nitrogens with zero attached hydrogens (tertiary/aromatic N) is 2. The number of carbonyl (C=O) groups is 1. The van der Waals surface area contributed by atoms with Crippen LogP contribution in [0, 0.1) is 0 Å². The molecule has 0 radical (unpaired) electrons. The van der Waals surface area contributed by atoms with Crippen molar-refractivity contribution in [2.45, 2.75) is 0 Å². The summed E-state index contributed by atoms with van der Waals surface area (Å²) in [5.74, 6) is -0.362. The summed E-state index contributed by atoms with van der Waals surface area (Å²) >= 11 is 4.47. The Balaban J connectivity index is 0. The van der Waals surface area contributed by atoms with Crippen molar-refractivity contribution >= 4 is 23.3 Å². The van der Waals surface area contributed by atoms with Gasteiger partial charge in [-0.15, -0.1) is 0 Å². The summed E-state index contributed by atoms with van der Waals surface area (Å²) in [5.41, 5.74) is 0.467. The Hall–Kier alpha value is -0.550. The van der Waals surface area contributed by atoms with E-state index in [9.17, 15) is 4.79 Å². The molecule has 0 spiro atoms. The normalized spacial score (nSPS) is 9.69. The van der Waals surface area contributed by atoms with Crippen LogP contribution >= 0.6 is 12.2 Å². The highest BCUT2D eigenvalue weighted by atomic mass is 79.9. The molecule has 0 aromatic rings. The fourth-order valence-electron chi connectivity index (χ4n) is 1.17. The summed E-state index contributed by atoms with van der Waals surface area (Å²) < 4.78 is 5.20. The van der Waals surface area contributed by atoms with Gasteiger partial charge in [-0.1, -0.05) is 6.58 Å². The van der Waals surface area contributed by atoms with Crippen molar-refractivity contribution in [1.29, 1.82) is 0 Å². The smallest absolute Gasteiger partial charge is 0.338 e. The number of carbonyl (C=O) groups excluding carboxylic acids is 1. The molecule has 0 rings (SSSR count). The van der Waals surface area contributed by atoms with Gasteiger partial charge in [-0.05, 0) is 12.2 Å². The first-order chi connectivity index (χ1) is 6.93. The minimum Gasteiger partial charge on any atom is -1.00 e. The maximum Gasteiger partial charge on any atom is 0.338 e. The van der Waals surface area contributed by atoms with Gasteiger partial charge >= 0.3 is 5.97 Å². The monoisotopic (exact) mass is 308 g/mol. The first-order valence-corrected chi connectivity index (χ1v) is 4.95. The molecule has 0 aliphatic heterocycles. The summed E-state index contributed by atoms with van der Waals surface area (Å²) in [4.78, 5) is 15.0. The van der Waals surface area contributed by atoms with E-state index < -0.39 is 0 Å². The number of isothiocyanates is 1. The quantitative estimate of drug-likeness (QED) is 0.185. The molecule has 0 saturated heterocycles. The van der Waals surface area contributed by atoms with Gasteiger partial charge < -0.3 is 26.2 Å². The number of quaternary nitrogens is 1. The van der Waals surface area contributed by atoms with E-state index in [1.54, 1.807) is 0 Å². The lowest BCUT2D eigenvalue weighted by Gasteiger charge is -2.29. The highest BCUT2D eigenvalue weighted by molar-refractivity contribution is 7.78. The fraction of sp³-hybridized carbons (Fsp3) is 0.600. The predicted octanol–water partition coefficient (Wildman–Crippen LogP) is -2.10. The van der Waals surface area contributed by atoms with Gasteiger partial charge in [0.25, 0.3) is 0 Å². The Kier molecular flexibility index (Phi) is 9.57. The molecule has 0 aliphatic carbocycles. The van der Waals surface area contributed by atoms with Gasteiger partial charge in [-0.25, -0.2) is 9.79 Å². The number of rotatable bonds is 6. The van der Waals surface area contributed by atoms with E-state index in [-0.39, 0.29) is 23.0 Å². The minimum absolute atomic E-state index is 0. The van der Waals surface area contributed by atoms with E-state index >= 15 is 0 Å². The van der Waals surface area contributed by atoms with Gasteiger partial charge in [-0.3, -0.25) is 0 Å². The SMILES string of the molecule is C=C(C[N+](C)(C)CCN=C=S)C(=O)OC.[Br-]. The van der Waals surface area contributed by atoms with Crippen LogP contribution in [0.5, 0.6) is 0 Å². The number of thiocarbonyl (C=S) groups is 1. The maximum atomic E-state index is 11.1. The molecule has 16 heavy (non-hydrogen) atoms. The molecule has 0 aromatic heterocycles. The molecule has 0 aliphatic rings. The van der Waals surface area contributed by atoms with Crippen LogP contribution in [-0.4, -0.2) is 56.5 Å². The number of hydrogen-bond donors (Lipinski definition) is 0. The molecule has 0 atom stereocenters. The molecule has 0 saturated carbocycles. The second kappa shape index (κ2) is 8.58. The van der Waals surface area contributed by atoms with Crippen molar-refractivity contribution in [3.63, 3.8) is 0 Å². The molecule has 6 heteroatoms. The van der Waals surface area contributed by atoms with Gasteiger partial charge in [0.2, 0.25) is 0 Å². The van der Waals surface area contributed by atoms with Gasteiger partial charge in [0.05, 0.1) is 45.0 Å². The first kappa shape index (κ1) is 17.8. The predicted molar refractivity (Wildman–Crippen MR) is 62.9 cm³/mol. The number of aliphatic imine (C=N–C) groups is 1. The molecule has 0 unspecified atom stereocenters. The molecule has 0 bridgehead atoms. The van der Waals surface area contributed by atoms with Crippen LogP contribution in [0.3, 0.4) is 0 Å². The zero-order chi connectivity index (χ0) is 11.9. The third-order valence-corrected chi connectivity index (χ3v) is 2.10. The van der Waals surface area contributed by atoms with Gasteiger partial charge in [-0.2, -0.15) is 0 Å². The number of methoxy groups -OCH3 is 1. The topological polar surface area (TPSA) is 38.7 Å². The largest absolute Gasteiger partial charge is 1.00 e. The van der Waals surface area contributed by atoms with Crippen LogP contribution in [0.15, 0.2) is 17.1 Å². The van der Waals surface area contributed by atoms with Gasteiger partial charge in [0.15, 0.2) is 0 Å². The number of likely N-dealkylation sites (N-methyl/N-ethyl adjacent to an activating group) is 1. The molecule has 0 aromatic carbocycles. The molecule has 0 N–H and O–H groups in total. The van der Waals surface area contributed by atoms with E-state index in [4.69, 9.17) is 0 Å². The lowest BCUT2D eigenvalue weighted by molar-refractivity contribution is -0.883. The first-order valence-electron chi connectivity index (χ1n) is 4.54. The Morgan fingerprint density at radius 1 is 1.56 bits per heavy atom. The van der Waals surface area contributed by atoms with Crippen LogP contribution in [0.4, 0.5) is 0 Å². The van der Waals surface area contributed by atoms with Crippen molar-refractivity contribution in [1.82, 2.24) is 0 Å². The summed E-state index contributed by atoms with van der Waals surface area (Å²) in [6.45, 7) is 5.60. The van der Waals surface area contributed by atoms with Gasteiger partial charge in [0, 0.05) is 0 Å². The number of hydrogen-bond acceptors (Lipinski definition) is 4.